The number of pyridine rings is 1. The first-order valence-corrected chi connectivity index (χ1v) is 5.75. The minimum atomic E-state index is 0.789. The Labute approximate surface area is 98.7 Å². The molecule has 0 unspecified atom stereocenters. The van der Waals surface area contributed by atoms with Crippen molar-refractivity contribution in [2.75, 3.05) is 0 Å². The van der Waals surface area contributed by atoms with Crippen molar-refractivity contribution in [2.24, 2.45) is 0 Å². The fraction of sp³-hybridized carbons (Fsp3) is 0.231. The van der Waals surface area contributed by atoms with Gasteiger partial charge in [-0.1, -0.05) is 25.1 Å². The van der Waals surface area contributed by atoms with Crippen LogP contribution < -0.4 is 0 Å². The first-order chi connectivity index (χ1) is 8.38. The maximum Gasteiger partial charge on any atom is 0.151 e. The van der Waals surface area contributed by atoms with E-state index in [4.69, 9.17) is 0 Å². The van der Waals surface area contributed by atoms with Crippen LogP contribution in [-0.4, -0.2) is 20.2 Å². The summed E-state index contributed by atoms with van der Waals surface area (Å²) >= 11 is 0. The molecule has 0 saturated heterocycles. The maximum absolute atomic E-state index is 4.48. The molecule has 2 heterocycles. The summed E-state index contributed by atoms with van der Waals surface area (Å²) in [5, 5.41) is 9.44. The van der Waals surface area contributed by atoms with E-state index in [0.717, 1.165) is 40.6 Å². The summed E-state index contributed by atoms with van der Waals surface area (Å²) in [7, 11) is 0. The predicted octanol–water partition coefficient (Wildman–Crippen LogP) is 2.53. The van der Waals surface area contributed by atoms with E-state index in [1.54, 1.807) is 6.20 Å². The molecule has 0 saturated carbocycles. The molecule has 17 heavy (non-hydrogen) atoms. The third-order valence-corrected chi connectivity index (χ3v) is 2.72. The number of hydrogen-bond donors (Lipinski definition) is 0. The van der Waals surface area contributed by atoms with Gasteiger partial charge in [0.05, 0.1) is 11.7 Å². The highest BCUT2D eigenvalue weighted by molar-refractivity contribution is 6.00. The third-order valence-electron chi connectivity index (χ3n) is 2.72. The van der Waals surface area contributed by atoms with E-state index < -0.39 is 0 Å². The Morgan fingerprint density at radius 1 is 1.06 bits per heavy atom. The molecule has 0 aliphatic rings. The van der Waals surface area contributed by atoms with E-state index in [1.165, 1.54) is 0 Å². The first kappa shape index (κ1) is 10.1. The average Bonchev–Trinajstić information content (AvgIpc) is 2.39. The topological polar surface area (TPSA) is 51.6 Å². The number of fused-ring (bicyclic) bond motifs is 3. The zero-order valence-electron chi connectivity index (χ0n) is 9.59. The van der Waals surface area contributed by atoms with Gasteiger partial charge in [-0.25, -0.2) is 4.98 Å². The molecule has 0 fully saturated rings. The molecule has 0 amide bonds. The predicted molar refractivity (Wildman–Crippen MR) is 66.6 cm³/mol. The lowest BCUT2D eigenvalue weighted by Gasteiger charge is -2.02. The zero-order valence-corrected chi connectivity index (χ0v) is 9.59. The van der Waals surface area contributed by atoms with E-state index in [2.05, 4.69) is 27.1 Å². The van der Waals surface area contributed by atoms with Gasteiger partial charge in [0, 0.05) is 11.8 Å². The number of benzene rings is 1. The Kier molecular flexibility index (Phi) is 2.40. The highest BCUT2D eigenvalue weighted by Gasteiger charge is 2.05. The van der Waals surface area contributed by atoms with Gasteiger partial charge in [-0.3, -0.25) is 4.98 Å². The molecule has 4 heteroatoms. The van der Waals surface area contributed by atoms with Gasteiger partial charge in [-0.15, -0.1) is 10.2 Å². The fourth-order valence-electron chi connectivity index (χ4n) is 1.90. The molecule has 2 aromatic heterocycles. The largest absolute Gasteiger partial charge is 0.254 e. The van der Waals surface area contributed by atoms with Crippen LogP contribution in [0.4, 0.5) is 0 Å². The molecule has 0 spiro atoms. The second kappa shape index (κ2) is 4.05. The lowest BCUT2D eigenvalue weighted by molar-refractivity contribution is 0.806. The summed E-state index contributed by atoms with van der Waals surface area (Å²) in [5.74, 6) is 0.789. The summed E-state index contributed by atoms with van der Waals surface area (Å²) in [4.78, 5) is 8.86. The molecule has 0 bridgehead atoms. The second-order valence-electron chi connectivity index (χ2n) is 3.99. The quantitative estimate of drug-likeness (QED) is 0.628. The van der Waals surface area contributed by atoms with E-state index in [9.17, 15) is 0 Å². The Morgan fingerprint density at radius 2 is 1.94 bits per heavy atom. The second-order valence-corrected chi connectivity index (χ2v) is 3.99. The number of rotatable bonds is 2. The molecule has 1 aromatic carbocycles. The van der Waals surface area contributed by atoms with E-state index in [1.807, 2.05) is 24.3 Å². The Bertz CT molecular complexity index is 678. The van der Waals surface area contributed by atoms with Crippen LogP contribution in [0, 0.1) is 0 Å². The number of hydrogen-bond acceptors (Lipinski definition) is 4. The molecule has 0 aliphatic heterocycles. The summed E-state index contributed by atoms with van der Waals surface area (Å²) in [6.45, 7) is 2.10. The van der Waals surface area contributed by atoms with Gasteiger partial charge in [0.15, 0.2) is 5.82 Å². The maximum atomic E-state index is 4.48. The molecular formula is C13H12N4. The van der Waals surface area contributed by atoms with Crippen LogP contribution >= 0.6 is 0 Å². The molecular weight excluding hydrogens is 212 g/mol. The van der Waals surface area contributed by atoms with Gasteiger partial charge in [0.25, 0.3) is 0 Å². The van der Waals surface area contributed by atoms with Crippen LogP contribution in [0.5, 0.6) is 0 Å². The van der Waals surface area contributed by atoms with Gasteiger partial charge in [-0.05, 0) is 12.5 Å². The molecule has 4 nitrogen and oxygen atoms in total. The Balaban J connectivity index is 2.29. The molecule has 0 atom stereocenters. The minimum absolute atomic E-state index is 0.789. The van der Waals surface area contributed by atoms with Crippen molar-refractivity contribution >= 4 is 21.9 Å². The Hall–Kier alpha value is -2.10. The summed E-state index contributed by atoms with van der Waals surface area (Å²) in [6.07, 6.45) is 3.65. The van der Waals surface area contributed by atoms with Gasteiger partial charge >= 0.3 is 0 Å². The number of para-hydroxylation sites is 1. The van der Waals surface area contributed by atoms with Crippen molar-refractivity contribution in [1.29, 1.82) is 0 Å². The molecule has 0 aliphatic carbocycles. The smallest absolute Gasteiger partial charge is 0.151 e. The SMILES string of the molecule is CCCc1nnc2c(cnc3ccccc32)n1. The van der Waals surface area contributed by atoms with Crippen molar-refractivity contribution < 1.29 is 0 Å². The molecule has 3 aromatic rings. The fourth-order valence-corrected chi connectivity index (χ4v) is 1.90. The van der Waals surface area contributed by atoms with Crippen molar-refractivity contribution in [2.45, 2.75) is 19.8 Å². The van der Waals surface area contributed by atoms with Gasteiger partial charge < -0.3 is 0 Å². The third kappa shape index (κ3) is 1.71. The van der Waals surface area contributed by atoms with E-state index in [-0.39, 0.29) is 0 Å². The van der Waals surface area contributed by atoms with Crippen LogP contribution in [-0.2, 0) is 6.42 Å². The van der Waals surface area contributed by atoms with Crippen LogP contribution in [0.25, 0.3) is 21.9 Å². The van der Waals surface area contributed by atoms with Crippen LogP contribution in [0.1, 0.15) is 19.2 Å². The van der Waals surface area contributed by atoms with Crippen molar-refractivity contribution in [3.05, 3.63) is 36.3 Å². The Morgan fingerprint density at radius 3 is 2.82 bits per heavy atom. The van der Waals surface area contributed by atoms with Gasteiger partial charge in [0.1, 0.15) is 11.0 Å². The van der Waals surface area contributed by atoms with Gasteiger partial charge in [-0.2, -0.15) is 0 Å². The van der Waals surface area contributed by atoms with E-state index >= 15 is 0 Å². The van der Waals surface area contributed by atoms with Crippen molar-refractivity contribution in [3.63, 3.8) is 0 Å². The highest BCUT2D eigenvalue weighted by atomic mass is 15.2. The molecule has 84 valence electrons. The van der Waals surface area contributed by atoms with E-state index in [0.29, 0.717) is 0 Å². The number of aromatic nitrogens is 4. The molecule has 0 N–H and O–H groups in total. The first-order valence-electron chi connectivity index (χ1n) is 5.75. The van der Waals surface area contributed by atoms with Crippen LogP contribution in [0.2, 0.25) is 0 Å². The summed E-state index contributed by atoms with van der Waals surface area (Å²) in [6, 6.07) is 7.91. The zero-order chi connectivity index (χ0) is 11.7. The van der Waals surface area contributed by atoms with Crippen LogP contribution in [0.15, 0.2) is 30.5 Å². The monoisotopic (exact) mass is 224 g/mol. The van der Waals surface area contributed by atoms with Gasteiger partial charge in [0.2, 0.25) is 0 Å². The standard InChI is InChI=1S/C13H12N4/c1-2-5-12-15-11-8-14-10-7-4-3-6-9(10)13(11)17-16-12/h3-4,6-8H,2,5H2,1H3. The lowest BCUT2D eigenvalue weighted by Crippen LogP contribution is -1.99. The van der Waals surface area contributed by atoms with Crippen molar-refractivity contribution in [1.82, 2.24) is 20.2 Å². The molecule has 3 rings (SSSR count). The summed E-state index contributed by atoms with van der Waals surface area (Å²) < 4.78 is 0. The molecule has 0 radical (unpaired) electrons. The average molecular weight is 224 g/mol. The highest BCUT2D eigenvalue weighted by Crippen LogP contribution is 2.19. The number of nitrogens with zero attached hydrogens (tertiary/aromatic N) is 4. The lowest BCUT2D eigenvalue weighted by atomic mass is 10.2. The summed E-state index contributed by atoms with van der Waals surface area (Å²) in [5.41, 5.74) is 2.58. The van der Waals surface area contributed by atoms with Crippen molar-refractivity contribution in [3.8, 4) is 0 Å². The minimum Gasteiger partial charge on any atom is -0.254 e. The normalized spacial score (nSPS) is 11.1. The number of aryl methyl sites for hydroxylation is 1. The van der Waals surface area contributed by atoms with Crippen LogP contribution in [0.3, 0.4) is 0 Å².